The van der Waals surface area contributed by atoms with Gasteiger partial charge in [-0.2, -0.15) is 0 Å². The highest BCUT2D eigenvalue weighted by Crippen LogP contribution is 2.17. The van der Waals surface area contributed by atoms with E-state index in [-0.39, 0.29) is 18.4 Å². The first-order chi connectivity index (χ1) is 14.1. The zero-order valence-electron chi connectivity index (χ0n) is 16.5. The minimum Gasteiger partial charge on any atom is -0.360 e. The first-order valence-corrected chi connectivity index (χ1v) is 9.95. The number of aromatic nitrogens is 2. The fraction of sp³-hybridized carbons (Fsp3) is 0.318. The number of nitrogens with zero attached hydrogens (tertiary/aromatic N) is 3. The van der Waals surface area contributed by atoms with Crippen molar-refractivity contribution >= 4 is 28.5 Å². The number of piperazine rings is 1. The lowest BCUT2D eigenvalue weighted by Gasteiger charge is -2.28. The molecule has 0 saturated carbocycles. The molecule has 3 aromatic rings. The third kappa shape index (κ3) is 4.23. The summed E-state index contributed by atoms with van der Waals surface area (Å²) in [6.45, 7) is 4.62. The Kier molecular flexibility index (Phi) is 5.46. The zero-order chi connectivity index (χ0) is 20.2. The lowest BCUT2D eigenvalue weighted by atomic mass is 10.2. The van der Waals surface area contributed by atoms with Crippen LogP contribution in [0.5, 0.6) is 0 Å². The quantitative estimate of drug-likeness (QED) is 0.672. The van der Waals surface area contributed by atoms with Gasteiger partial charge in [0.25, 0.3) is 0 Å². The fourth-order valence-corrected chi connectivity index (χ4v) is 3.66. The van der Waals surface area contributed by atoms with Crippen LogP contribution in [0.1, 0.15) is 18.3 Å². The summed E-state index contributed by atoms with van der Waals surface area (Å²) in [6.07, 6.45) is 0.776. The Morgan fingerprint density at radius 3 is 2.72 bits per heavy atom. The van der Waals surface area contributed by atoms with Crippen LogP contribution in [0.4, 0.5) is 5.69 Å². The molecule has 2 heterocycles. The van der Waals surface area contributed by atoms with Crippen LogP contribution in [-0.4, -0.2) is 41.0 Å². The molecule has 1 saturated heterocycles. The van der Waals surface area contributed by atoms with E-state index in [9.17, 15) is 9.59 Å². The lowest BCUT2D eigenvalue weighted by Crippen LogP contribution is -2.47. The highest BCUT2D eigenvalue weighted by molar-refractivity contribution is 5.83. The van der Waals surface area contributed by atoms with E-state index in [0.717, 1.165) is 41.1 Å². The molecule has 1 aliphatic rings. The van der Waals surface area contributed by atoms with Gasteiger partial charge in [-0.25, -0.2) is 4.98 Å². The van der Waals surface area contributed by atoms with Crippen LogP contribution < -0.4 is 15.5 Å². The molecule has 2 aromatic carbocycles. The zero-order valence-corrected chi connectivity index (χ0v) is 16.5. The number of fused-ring (bicyclic) bond motifs is 1. The molecule has 29 heavy (non-hydrogen) atoms. The Hall–Kier alpha value is -3.35. The maximum Gasteiger partial charge on any atom is 0.240 e. The Morgan fingerprint density at radius 1 is 1.17 bits per heavy atom. The van der Waals surface area contributed by atoms with Crippen molar-refractivity contribution in [2.24, 2.45) is 0 Å². The molecular weight excluding hydrogens is 366 g/mol. The molecule has 7 heteroatoms. The Balaban J connectivity index is 1.37. The third-order valence-corrected chi connectivity index (χ3v) is 5.18. The van der Waals surface area contributed by atoms with Crippen LogP contribution in [0.25, 0.3) is 11.0 Å². The van der Waals surface area contributed by atoms with E-state index in [1.807, 2.05) is 60.0 Å². The fourth-order valence-electron chi connectivity index (χ4n) is 3.66. The van der Waals surface area contributed by atoms with Crippen molar-refractivity contribution in [1.29, 1.82) is 0 Å². The minimum atomic E-state index is -0.0420. The number of anilines is 1. The largest absolute Gasteiger partial charge is 0.360 e. The highest BCUT2D eigenvalue weighted by Gasteiger charge is 2.16. The lowest BCUT2D eigenvalue weighted by molar-refractivity contribution is -0.122. The van der Waals surface area contributed by atoms with Crippen LogP contribution in [0.3, 0.4) is 0 Å². The molecule has 0 aliphatic carbocycles. The standard InChI is InChI=1S/C22H25N5O2/c1-2-20-25-18-5-3-4-6-19(18)27(20)15-22(29)24-13-16-7-9-17(10-8-16)26-12-11-23-21(28)14-26/h3-10H,2,11-15H2,1H3,(H,23,28)(H,24,29). The average molecular weight is 391 g/mol. The Labute approximate surface area is 169 Å². The summed E-state index contributed by atoms with van der Waals surface area (Å²) in [6, 6.07) is 15.9. The summed E-state index contributed by atoms with van der Waals surface area (Å²) in [4.78, 5) is 30.7. The van der Waals surface area contributed by atoms with E-state index in [4.69, 9.17) is 0 Å². The molecule has 150 valence electrons. The van der Waals surface area contributed by atoms with Gasteiger partial charge in [-0.05, 0) is 29.8 Å². The number of hydrogen-bond donors (Lipinski definition) is 2. The van der Waals surface area contributed by atoms with Crippen molar-refractivity contribution in [2.75, 3.05) is 24.5 Å². The van der Waals surface area contributed by atoms with E-state index in [0.29, 0.717) is 19.6 Å². The molecule has 0 spiro atoms. The number of amides is 2. The van der Waals surface area contributed by atoms with Crippen molar-refractivity contribution in [3.63, 3.8) is 0 Å². The molecule has 2 N–H and O–H groups in total. The highest BCUT2D eigenvalue weighted by atomic mass is 16.2. The van der Waals surface area contributed by atoms with Gasteiger partial charge in [-0.3, -0.25) is 9.59 Å². The Bertz CT molecular complexity index is 1030. The normalized spacial score (nSPS) is 14.1. The summed E-state index contributed by atoms with van der Waals surface area (Å²) in [5.41, 5.74) is 3.94. The van der Waals surface area contributed by atoms with E-state index < -0.39 is 0 Å². The second-order valence-corrected chi connectivity index (χ2v) is 7.17. The first kappa shape index (κ1) is 19.0. The molecule has 0 atom stereocenters. The van der Waals surface area contributed by atoms with Crippen molar-refractivity contribution in [3.8, 4) is 0 Å². The second kappa shape index (κ2) is 8.34. The number of rotatable bonds is 6. The van der Waals surface area contributed by atoms with E-state index in [1.165, 1.54) is 0 Å². The number of hydrogen-bond acceptors (Lipinski definition) is 4. The topological polar surface area (TPSA) is 79.3 Å². The number of aryl methyl sites for hydroxylation is 1. The molecule has 2 amide bonds. The van der Waals surface area contributed by atoms with E-state index in [1.54, 1.807) is 0 Å². The van der Waals surface area contributed by atoms with Gasteiger partial charge in [0.15, 0.2) is 0 Å². The summed E-state index contributed by atoms with van der Waals surface area (Å²) in [5.74, 6) is 0.918. The monoisotopic (exact) mass is 391 g/mol. The van der Waals surface area contributed by atoms with Gasteiger partial charge < -0.3 is 20.1 Å². The predicted molar refractivity (Wildman–Crippen MR) is 113 cm³/mol. The average Bonchev–Trinajstić information content (AvgIpc) is 3.10. The minimum absolute atomic E-state index is 0.0420. The van der Waals surface area contributed by atoms with Crippen molar-refractivity contribution < 1.29 is 9.59 Å². The van der Waals surface area contributed by atoms with Crippen LogP contribution in [0, 0.1) is 0 Å². The number of para-hydroxylation sites is 2. The van der Waals surface area contributed by atoms with Crippen LogP contribution in [-0.2, 0) is 29.1 Å². The summed E-state index contributed by atoms with van der Waals surface area (Å²) < 4.78 is 1.98. The number of nitrogens with one attached hydrogen (secondary N) is 2. The molecule has 1 aromatic heterocycles. The van der Waals surface area contributed by atoms with Gasteiger partial charge in [-0.1, -0.05) is 31.2 Å². The molecule has 0 unspecified atom stereocenters. The molecule has 1 fully saturated rings. The second-order valence-electron chi connectivity index (χ2n) is 7.17. The van der Waals surface area contributed by atoms with Gasteiger partial charge in [-0.15, -0.1) is 0 Å². The van der Waals surface area contributed by atoms with E-state index >= 15 is 0 Å². The number of imidazole rings is 1. The maximum atomic E-state index is 12.5. The van der Waals surface area contributed by atoms with Gasteiger partial charge in [0.1, 0.15) is 12.4 Å². The summed E-state index contributed by atoms with van der Waals surface area (Å²) >= 11 is 0. The van der Waals surface area contributed by atoms with Gasteiger partial charge in [0, 0.05) is 31.7 Å². The number of benzene rings is 2. The smallest absolute Gasteiger partial charge is 0.240 e. The van der Waals surface area contributed by atoms with Crippen LogP contribution in [0.2, 0.25) is 0 Å². The molecular formula is C22H25N5O2. The Morgan fingerprint density at radius 2 is 1.97 bits per heavy atom. The van der Waals surface area contributed by atoms with Gasteiger partial charge >= 0.3 is 0 Å². The van der Waals surface area contributed by atoms with Crippen LogP contribution >= 0.6 is 0 Å². The number of carbonyl (C=O) groups excluding carboxylic acids is 2. The van der Waals surface area contributed by atoms with Crippen molar-refractivity contribution in [2.45, 2.75) is 26.4 Å². The third-order valence-electron chi connectivity index (χ3n) is 5.18. The molecule has 7 nitrogen and oxygen atoms in total. The first-order valence-electron chi connectivity index (χ1n) is 9.95. The van der Waals surface area contributed by atoms with Crippen molar-refractivity contribution in [3.05, 3.63) is 59.9 Å². The van der Waals surface area contributed by atoms with Gasteiger partial charge in [0.05, 0.1) is 17.6 Å². The number of carbonyl (C=O) groups is 2. The van der Waals surface area contributed by atoms with Gasteiger partial charge in [0.2, 0.25) is 11.8 Å². The van der Waals surface area contributed by atoms with E-state index in [2.05, 4.69) is 20.5 Å². The summed E-state index contributed by atoms with van der Waals surface area (Å²) in [7, 11) is 0. The molecule has 1 aliphatic heterocycles. The molecule has 0 bridgehead atoms. The van der Waals surface area contributed by atoms with Crippen molar-refractivity contribution in [1.82, 2.24) is 20.2 Å². The SMILES string of the molecule is CCc1nc2ccccc2n1CC(=O)NCc1ccc(N2CCNC(=O)C2)cc1. The molecule has 0 radical (unpaired) electrons. The maximum absolute atomic E-state index is 12.5. The van der Waals surface area contributed by atoms with Crippen LogP contribution in [0.15, 0.2) is 48.5 Å². The predicted octanol–water partition coefficient (Wildman–Crippen LogP) is 1.85. The summed E-state index contributed by atoms with van der Waals surface area (Å²) in [5, 5.41) is 5.82. The molecule has 4 rings (SSSR count).